The largest absolute Gasteiger partial charge is 0.824 e. The van der Waals surface area contributed by atoms with Crippen molar-refractivity contribution in [2.75, 3.05) is 0 Å². The fourth-order valence-electron chi connectivity index (χ4n) is 0.558. The molecule has 0 saturated carbocycles. The van der Waals surface area contributed by atoms with E-state index in [1.807, 2.05) is 0 Å². The van der Waals surface area contributed by atoms with Gasteiger partial charge in [0.05, 0.1) is 0 Å². The molecule has 0 spiro atoms. The Hall–Kier alpha value is -1.37. The number of hydrogen-bond donors (Lipinski definition) is 0. The molecular formula is C9H15O6Si. The first kappa shape index (κ1) is 14.6. The van der Waals surface area contributed by atoms with Gasteiger partial charge in [0, 0.05) is 19.3 Å². The third-order valence-electron chi connectivity index (χ3n) is 1.46. The third kappa shape index (κ3) is 6.17. The lowest BCUT2D eigenvalue weighted by Gasteiger charge is -2.12. The van der Waals surface area contributed by atoms with Crippen molar-refractivity contribution in [1.29, 1.82) is 0 Å². The van der Waals surface area contributed by atoms with Crippen molar-refractivity contribution in [2.24, 2.45) is 0 Å². The first-order chi connectivity index (χ1) is 7.53. The summed E-state index contributed by atoms with van der Waals surface area (Å²) in [5.74, 6) is -1.70. The van der Waals surface area contributed by atoms with E-state index in [0.29, 0.717) is 0 Å². The Morgan fingerprint density at radius 1 is 0.750 bits per heavy atom. The average Bonchev–Trinajstić information content (AvgIpc) is 2.28. The topological polar surface area (TPSA) is 78.9 Å². The van der Waals surface area contributed by atoms with E-state index in [9.17, 15) is 14.4 Å². The smallest absolute Gasteiger partial charge is 0.451 e. The van der Waals surface area contributed by atoms with Gasteiger partial charge in [-0.2, -0.15) is 0 Å². The second-order valence-corrected chi connectivity index (χ2v) is 3.85. The molecule has 6 nitrogen and oxygen atoms in total. The summed E-state index contributed by atoms with van der Waals surface area (Å²) in [7, 11) is -2.63. The van der Waals surface area contributed by atoms with E-state index in [-0.39, 0.29) is 19.3 Å². The Kier molecular flexibility index (Phi) is 7.18. The molecule has 0 saturated heterocycles. The molecule has 91 valence electrons. The van der Waals surface area contributed by atoms with Crippen molar-refractivity contribution in [3.05, 3.63) is 0 Å². The maximum absolute atomic E-state index is 11.0. The van der Waals surface area contributed by atoms with Crippen LogP contribution in [0.5, 0.6) is 0 Å². The Morgan fingerprint density at radius 2 is 1.00 bits per heavy atom. The minimum Gasteiger partial charge on any atom is -0.451 e. The van der Waals surface area contributed by atoms with Gasteiger partial charge in [0.15, 0.2) is 0 Å². The number of carbonyl (C=O) groups excluding carboxylic acids is 3. The maximum atomic E-state index is 11.0. The molecule has 0 aliphatic rings. The highest BCUT2D eigenvalue weighted by atomic mass is 28.3. The van der Waals surface area contributed by atoms with Crippen LogP contribution < -0.4 is 0 Å². The SMILES string of the molecule is CCC(=O)O[Si](OC(=O)CC)OC(=O)CC. The fraction of sp³-hybridized carbons (Fsp3) is 0.667. The van der Waals surface area contributed by atoms with Gasteiger partial charge in [-0.3, -0.25) is 14.4 Å². The molecule has 0 N–H and O–H groups in total. The summed E-state index contributed by atoms with van der Waals surface area (Å²) in [6.45, 7) is 4.77. The van der Waals surface area contributed by atoms with Crippen molar-refractivity contribution in [1.82, 2.24) is 0 Å². The first-order valence-corrected chi connectivity index (χ1v) is 6.24. The summed E-state index contributed by atoms with van der Waals surface area (Å²) in [4.78, 5) is 32.9. The van der Waals surface area contributed by atoms with Gasteiger partial charge in [-0.15, -0.1) is 0 Å². The second kappa shape index (κ2) is 7.86. The van der Waals surface area contributed by atoms with E-state index >= 15 is 0 Å². The van der Waals surface area contributed by atoms with Crippen LogP contribution >= 0.6 is 0 Å². The Morgan fingerprint density at radius 3 is 1.19 bits per heavy atom. The summed E-state index contributed by atoms with van der Waals surface area (Å²) in [6.07, 6.45) is 0.380. The van der Waals surface area contributed by atoms with Crippen LogP contribution in [0.1, 0.15) is 40.0 Å². The molecule has 0 bridgehead atoms. The molecule has 7 heteroatoms. The van der Waals surface area contributed by atoms with E-state index in [0.717, 1.165) is 0 Å². The quantitative estimate of drug-likeness (QED) is 0.647. The normalized spacial score (nSPS) is 9.75. The average molecular weight is 247 g/mol. The molecule has 0 amide bonds. The monoisotopic (exact) mass is 247 g/mol. The highest BCUT2D eigenvalue weighted by Crippen LogP contribution is 2.00. The van der Waals surface area contributed by atoms with Gasteiger partial charge in [-0.1, -0.05) is 20.8 Å². The van der Waals surface area contributed by atoms with Gasteiger partial charge >= 0.3 is 9.53 Å². The van der Waals surface area contributed by atoms with Crippen molar-refractivity contribution in [2.45, 2.75) is 40.0 Å². The molecule has 0 aliphatic carbocycles. The maximum Gasteiger partial charge on any atom is 0.824 e. The zero-order valence-electron chi connectivity index (χ0n) is 9.57. The number of hydrogen-bond acceptors (Lipinski definition) is 6. The van der Waals surface area contributed by atoms with Crippen molar-refractivity contribution < 1.29 is 27.7 Å². The van der Waals surface area contributed by atoms with Crippen LogP contribution in [0.25, 0.3) is 0 Å². The van der Waals surface area contributed by atoms with Crippen LogP contribution in [0, 0.1) is 0 Å². The summed E-state index contributed by atoms with van der Waals surface area (Å²) in [5, 5.41) is 0. The predicted molar refractivity (Wildman–Crippen MR) is 54.9 cm³/mol. The van der Waals surface area contributed by atoms with Crippen LogP contribution in [0.15, 0.2) is 0 Å². The molecule has 0 unspecified atom stereocenters. The number of rotatable bonds is 6. The Balaban J connectivity index is 4.31. The van der Waals surface area contributed by atoms with Crippen molar-refractivity contribution in [3.8, 4) is 0 Å². The summed E-state index contributed by atoms with van der Waals surface area (Å²) in [5.41, 5.74) is 0. The Bertz CT molecular complexity index is 222. The van der Waals surface area contributed by atoms with Gasteiger partial charge in [-0.05, 0) is 0 Å². The van der Waals surface area contributed by atoms with Crippen LogP contribution in [0.3, 0.4) is 0 Å². The zero-order chi connectivity index (χ0) is 12.6. The van der Waals surface area contributed by atoms with E-state index in [1.165, 1.54) is 0 Å². The predicted octanol–water partition coefficient (Wildman–Crippen LogP) is 0.831. The molecule has 0 aromatic carbocycles. The molecule has 1 radical (unpaired) electrons. The van der Waals surface area contributed by atoms with E-state index in [4.69, 9.17) is 13.3 Å². The molecular weight excluding hydrogens is 232 g/mol. The van der Waals surface area contributed by atoms with E-state index < -0.39 is 27.4 Å². The van der Waals surface area contributed by atoms with Crippen LogP contribution in [0.4, 0.5) is 0 Å². The lowest BCUT2D eigenvalue weighted by Crippen LogP contribution is -2.34. The van der Waals surface area contributed by atoms with E-state index in [2.05, 4.69) is 0 Å². The minimum absolute atomic E-state index is 0.127. The molecule has 16 heavy (non-hydrogen) atoms. The molecule has 0 rings (SSSR count). The standard InChI is InChI=1S/C9H15O6Si/c1-4-7(10)13-16(14-8(11)5-2)15-9(12)6-3/h4-6H2,1-3H3. The summed E-state index contributed by atoms with van der Waals surface area (Å²) >= 11 is 0. The molecule has 0 fully saturated rings. The summed E-state index contributed by atoms with van der Waals surface area (Å²) in [6, 6.07) is 0. The van der Waals surface area contributed by atoms with Gasteiger partial charge in [0.2, 0.25) is 0 Å². The van der Waals surface area contributed by atoms with Crippen LogP contribution in [-0.4, -0.2) is 27.4 Å². The summed E-state index contributed by atoms with van der Waals surface area (Å²) < 4.78 is 14.2. The molecule has 0 aliphatic heterocycles. The molecule has 0 heterocycles. The fourth-order valence-corrected chi connectivity index (χ4v) is 1.67. The molecule has 0 atom stereocenters. The van der Waals surface area contributed by atoms with Gasteiger partial charge in [0.25, 0.3) is 17.9 Å². The second-order valence-electron chi connectivity index (χ2n) is 2.73. The van der Waals surface area contributed by atoms with E-state index in [1.54, 1.807) is 20.8 Å². The third-order valence-corrected chi connectivity index (χ3v) is 2.64. The minimum atomic E-state index is -2.63. The van der Waals surface area contributed by atoms with Gasteiger partial charge in [0.1, 0.15) is 0 Å². The molecule has 0 aromatic rings. The van der Waals surface area contributed by atoms with Crippen molar-refractivity contribution >= 4 is 27.4 Å². The lowest BCUT2D eigenvalue weighted by atomic mass is 10.5. The van der Waals surface area contributed by atoms with Crippen LogP contribution in [0.2, 0.25) is 0 Å². The van der Waals surface area contributed by atoms with Gasteiger partial charge < -0.3 is 13.3 Å². The number of carbonyl (C=O) groups is 3. The zero-order valence-corrected chi connectivity index (χ0v) is 10.6. The van der Waals surface area contributed by atoms with Crippen LogP contribution in [-0.2, 0) is 27.7 Å². The van der Waals surface area contributed by atoms with Gasteiger partial charge in [-0.25, -0.2) is 0 Å². The first-order valence-electron chi connectivity index (χ1n) is 5.02. The lowest BCUT2D eigenvalue weighted by molar-refractivity contribution is -0.147. The Labute approximate surface area is 95.8 Å². The highest BCUT2D eigenvalue weighted by molar-refractivity contribution is 6.44. The van der Waals surface area contributed by atoms with Crippen molar-refractivity contribution in [3.63, 3.8) is 0 Å². The highest BCUT2D eigenvalue weighted by Gasteiger charge is 2.33. The molecule has 0 aromatic heterocycles.